The van der Waals surface area contributed by atoms with Crippen molar-refractivity contribution >= 4 is 28.9 Å². The third-order valence-corrected chi connectivity index (χ3v) is 7.13. The molecule has 1 aromatic carbocycles. The maximum Gasteiger partial charge on any atom is 0.338 e. The molecule has 0 radical (unpaired) electrons. The SMILES string of the molecule is CC(=O)O[C@@]1(C)[C@@H](COC(=O)c2ccccc2)O[C@H](n2cnc3c(NC4CCC4)ncnc32)[C@]1(C)F. The highest BCUT2D eigenvalue weighted by molar-refractivity contribution is 5.89. The molecule has 2 aromatic heterocycles. The van der Waals surface area contributed by atoms with E-state index in [1.54, 1.807) is 30.3 Å². The predicted octanol–water partition coefficient (Wildman–Crippen LogP) is 3.60. The van der Waals surface area contributed by atoms with Crippen LogP contribution in [-0.2, 0) is 19.0 Å². The Labute approximate surface area is 207 Å². The average Bonchev–Trinajstić information content (AvgIpc) is 3.32. The van der Waals surface area contributed by atoms with Crippen molar-refractivity contribution in [2.45, 2.75) is 69.7 Å². The van der Waals surface area contributed by atoms with Crippen LogP contribution in [-0.4, -0.2) is 61.5 Å². The van der Waals surface area contributed by atoms with Crippen LogP contribution in [0.1, 0.15) is 56.6 Å². The molecule has 0 bridgehead atoms. The summed E-state index contributed by atoms with van der Waals surface area (Å²) in [5.41, 5.74) is -2.81. The van der Waals surface area contributed by atoms with E-state index in [9.17, 15) is 9.59 Å². The summed E-state index contributed by atoms with van der Waals surface area (Å²) in [5.74, 6) is -0.714. The molecular formula is C25H28FN5O5. The van der Waals surface area contributed by atoms with Gasteiger partial charge in [0.2, 0.25) is 0 Å². The van der Waals surface area contributed by atoms with Gasteiger partial charge in [0.05, 0.1) is 11.9 Å². The summed E-state index contributed by atoms with van der Waals surface area (Å²) in [7, 11) is 0. The molecule has 10 nitrogen and oxygen atoms in total. The Morgan fingerprint density at radius 2 is 1.94 bits per heavy atom. The maximum absolute atomic E-state index is 16.6. The molecule has 1 saturated carbocycles. The lowest BCUT2D eigenvalue weighted by atomic mass is 9.84. The number of carbonyl (C=O) groups is 2. The van der Waals surface area contributed by atoms with Gasteiger partial charge >= 0.3 is 11.9 Å². The van der Waals surface area contributed by atoms with Crippen molar-refractivity contribution in [3.63, 3.8) is 0 Å². The van der Waals surface area contributed by atoms with Crippen LogP contribution < -0.4 is 5.32 Å². The predicted molar refractivity (Wildman–Crippen MR) is 127 cm³/mol. The molecule has 1 aliphatic heterocycles. The molecule has 1 saturated heterocycles. The number of aromatic nitrogens is 4. The molecule has 4 atom stereocenters. The van der Waals surface area contributed by atoms with Crippen LogP contribution in [0.5, 0.6) is 0 Å². The van der Waals surface area contributed by atoms with Gasteiger partial charge in [0.15, 0.2) is 34.5 Å². The van der Waals surface area contributed by atoms with Crippen LogP contribution >= 0.6 is 0 Å². The first-order valence-electron chi connectivity index (χ1n) is 11.9. The topological polar surface area (TPSA) is 117 Å². The third-order valence-electron chi connectivity index (χ3n) is 7.13. The van der Waals surface area contributed by atoms with Gasteiger partial charge in [-0.2, -0.15) is 0 Å². The quantitative estimate of drug-likeness (QED) is 0.489. The van der Waals surface area contributed by atoms with Crippen molar-refractivity contribution in [1.29, 1.82) is 0 Å². The van der Waals surface area contributed by atoms with E-state index in [1.165, 1.54) is 38.0 Å². The third kappa shape index (κ3) is 4.06. The monoisotopic (exact) mass is 497 g/mol. The number of hydrogen-bond acceptors (Lipinski definition) is 9. The molecule has 2 aliphatic rings. The number of ether oxygens (including phenoxy) is 3. The summed E-state index contributed by atoms with van der Waals surface area (Å²) in [6, 6.07) is 8.73. The zero-order valence-corrected chi connectivity index (χ0v) is 20.3. The number of nitrogens with one attached hydrogen (secondary N) is 1. The fourth-order valence-electron chi connectivity index (χ4n) is 4.65. The number of esters is 2. The van der Waals surface area contributed by atoms with E-state index in [0.29, 0.717) is 28.6 Å². The van der Waals surface area contributed by atoms with Crippen molar-refractivity contribution in [2.75, 3.05) is 11.9 Å². The summed E-state index contributed by atoms with van der Waals surface area (Å²) in [5, 5.41) is 3.36. The van der Waals surface area contributed by atoms with Crippen LogP contribution in [0.15, 0.2) is 43.0 Å². The number of fused-ring (bicyclic) bond motifs is 1. The van der Waals surface area contributed by atoms with Gasteiger partial charge in [-0.15, -0.1) is 0 Å². The van der Waals surface area contributed by atoms with E-state index >= 15 is 4.39 Å². The first-order chi connectivity index (χ1) is 17.2. The molecule has 2 fully saturated rings. The highest BCUT2D eigenvalue weighted by Crippen LogP contribution is 2.51. The molecule has 0 unspecified atom stereocenters. The highest BCUT2D eigenvalue weighted by atomic mass is 19.1. The largest absolute Gasteiger partial charge is 0.459 e. The first kappa shape index (κ1) is 24.1. The van der Waals surface area contributed by atoms with E-state index < -0.39 is 35.5 Å². The van der Waals surface area contributed by atoms with Gasteiger partial charge < -0.3 is 19.5 Å². The number of nitrogens with zero attached hydrogens (tertiary/aromatic N) is 4. The van der Waals surface area contributed by atoms with Crippen molar-refractivity contribution < 1.29 is 28.2 Å². The van der Waals surface area contributed by atoms with Gasteiger partial charge in [0.1, 0.15) is 19.0 Å². The number of carbonyl (C=O) groups excluding carboxylic acids is 2. The van der Waals surface area contributed by atoms with Crippen molar-refractivity contribution in [1.82, 2.24) is 19.5 Å². The van der Waals surface area contributed by atoms with E-state index in [1.807, 2.05) is 0 Å². The highest BCUT2D eigenvalue weighted by Gasteiger charge is 2.66. The number of anilines is 1. The molecule has 3 aromatic rings. The molecule has 5 rings (SSSR count). The van der Waals surface area contributed by atoms with Crippen molar-refractivity contribution in [3.05, 3.63) is 48.5 Å². The lowest BCUT2D eigenvalue weighted by Gasteiger charge is -2.36. The van der Waals surface area contributed by atoms with Crippen LogP contribution in [0.4, 0.5) is 10.2 Å². The Morgan fingerprint density at radius 1 is 1.19 bits per heavy atom. The Hall–Kier alpha value is -3.60. The minimum atomic E-state index is -2.23. The summed E-state index contributed by atoms with van der Waals surface area (Å²) in [6.07, 6.45) is 3.70. The summed E-state index contributed by atoms with van der Waals surface area (Å²) < 4.78 is 35.1. The average molecular weight is 498 g/mol. The van der Waals surface area contributed by atoms with Crippen molar-refractivity contribution in [3.8, 4) is 0 Å². The van der Waals surface area contributed by atoms with Crippen LogP contribution in [0, 0.1) is 0 Å². The van der Waals surface area contributed by atoms with Crippen LogP contribution in [0.2, 0.25) is 0 Å². The van der Waals surface area contributed by atoms with E-state index in [0.717, 1.165) is 19.3 Å². The summed E-state index contributed by atoms with van der Waals surface area (Å²) in [4.78, 5) is 37.6. The minimum Gasteiger partial charge on any atom is -0.459 e. The molecule has 36 heavy (non-hydrogen) atoms. The Kier molecular flexibility index (Phi) is 6.11. The fraction of sp³-hybridized carbons (Fsp3) is 0.480. The molecule has 0 spiro atoms. The molecule has 3 heterocycles. The van der Waals surface area contributed by atoms with Gasteiger partial charge in [0, 0.05) is 13.0 Å². The number of rotatable bonds is 7. The number of alkyl halides is 1. The van der Waals surface area contributed by atoms with Gasteiger partial charge in [-0.25, -0.2) is 24.1 Å². The smallest absolute Gasteiger partial charge is 0.338 e. The molecular weight excluding hydrogens is 469 g/mol. The first-order valence-corrected chi connectivity index (χ1v) is 11.9. The van der Waals surface area contributed by atoms with E-state index in [4.69, 9.17) is 14.2 Å². The van der Waals surface area contributed by atoms with Gasteiger partial charge in [-0.1, -0.05) is 18.2 Å². The minimum absolute atomic E-state index is 0.318. The van der Waals surface area contributed by atoms with Crippen molar-refractivity contribution in [2.24, 2.45) is 0 Å². The lowest BCUT2D eigenvalue weighted by molar-refractivity contribution is -0.175. The second-order valence-electron chi connectivity index (χ2n) is 9.54. The second-order valence-corrected chi connectivity index (χ2v) is 9.54. The standard InChI is InChI=1S/C25H28FN5O5/c1-15(32)36-25(3)18(12-34-22(33)16-8-5-4-6-9-16)35-23(24(25,2)26)31-14-29-19-20(27-13-28-21(19)31)30-17-10-7-11-17/h4-6,8-9,13-14,17-18,23H,7,10-12H2,1-3H3,(H,27,28,30)/t18-,23+,24+,25+/m1/s1. The summed E-state index contributed by atoms with van der Waals surface area (Å²) >= 11 is 0. The zero-order valence-electron chi connectivity index (χ0n) is 20.3. The second kappa shape index (κ2) is 9.12. The number of halogens is 1. The number of hydrogen-bond donors (Lipinski definition) is 1. The Balaban J connectivity index is 1.45. The normalized spacial score (nSPS) is 28.0. The molecule has 11 heteroatoms. The fourth-order valence-corrected chi connectivity index (χ4v) is 4.65. The number of imidazole rings is 1. The summed E-state index contributed by atoms with van der Waals surface area (Å²) in [6.45, 7) is 3.59. The molecule has 1 aliphatic carbocycles. The Morgan fingerprint density at radius 3 is 2.61 bits per heavy atom. The molecule has 190 valence electrons. The zero-order chi connectivity index (χ0) is 25.5. The number of benzene rings is 1. The van der Waals surface area contributed by atoms with E-state index in [2.05, 4.69) is 20.3 Å². The lowest BCUT2D eigenvalue weighted by Crippen LogP contribution is -2.55. The Bertz CT molecular complexity index is 1280. The van der Waals surface area contributed by atoms with Crippen LogP contribution in [0.25, 0.3) is 11.2 Å². The van der Waals surface area contributed by atoms with E-state index in [-0.39, 0.29) is 6.61 Å². The maximum atomic E-state index is 16.6. The molecule has 0 amide bonds. The van der Waals surface area contributed by atoms with Gasteiger partial charge in [0.25, 0.3) is 0 Å². The van der Waals surface area contributed by atoms with Gasteiger partial charge in [-0.05, 0) is 45.2 Å². The molecule has 1 N–H and O–H groups in total. The van der Waals surface area contributed by atoms with Crippen LogP contribution in [0.3, 0.4) is 0 Å². The van der Waals surface area contributed by atoms with Gasteiger partial charge in [-0.3, -0.25) is 9.36 Å².